The molecule has 4 amide bonds. The van der Waals surface area contributed by atoms with Crippen molar-refractivity contribution in [2.75, 3.05) is 0 Å². The van der Waals surface area contributed by atoms with Gasteiger partial charge in [0, 0.05) is 18.5 Å². The van der Waals surface area contributed by atoms with Gasteiger partial charge in [-0.05, 0) is 24.1 Å². The Kier molecular flexibility index (Phi) is 3.53. The molecule has 1 fully saturated rings. The van der Waals surface area contributed by atoms with Crippen LogP contribution in [-0.4, -0.2) is 49.6 Å². The highest BCUT2D eigenvalue weighted by molar-refractivity contribution is 6.05. The zero-order valence-corrected chi connectivity index (χ0v) is 13.5. The predicted octanol–water partition coefficient (Wildman–Crippen LogP) is -0.873. The average Bonchev–Trinajstić information content (AvgIpc) is 3.21. The van der Waals surface area contributed by atoms with E-state index in [0.29, 0.717) is 24.2 Å². The van der Waals surface area contributed by atoms with Gasteiger partial charge in [0.1, 0.15) is 6.04 Å². The molecule has 132 valence electrons. The third-order valence-corrected chi connectivity index (χ3v) is 4.52. The normalized spacial score (nSPS) is 19.5. The van der Waals surface area contributed by atoms with Crippen LogP contribution >= 0.6 is 0 Å². The Hall–Kier alpha value is -3.56. The number of hydrogen-bond donors (Lipinski definition) is 2. The number of primary amides is 1. The molecule has 26 heavy (non-hydrogen) atoms. The lowest BCUT2D eigenvalue weighted by molar-refractivity contribution is -0.136. The Morgan fingerprint density at radius 1 is 1.27 bits per heavy atom. The van der Waals surface area contributed by atoms with E-state index in [4.69, 9.17) is 5.73 Å². The standard InChI is InChI=1S/C16H14N6O4/c17-14(24)11-7-22(20-19-11)9-2-1-8-6-21(16(26)10(8)5-9)12-3-4-13(23)18-15(12)25/h1-2,5,7,12H,3-4,6H2,(H2,17,24)(H,18,23,25). The number of amides is 4. The average molecular weight is 354 g/mol. The maximum absolute atomic E-state index is 12.8. The van der Waals surface area contributed by atoms with E-state index < -0.39 is 17.9 Å². The molecule has 1 saturated heterocycles. The fourth-order valence-electron chi connectivity index (χ4n) is 3.19. The molecule has 0 aliphatic carbocycles. The Bertz CT molecular complexity index is 965. The van der Waals surface area contributed by atoms with Crippen LogP contribution in [0.2, 0.25) is 0 Å². The van der Waals surface area contributed by atoms with Crippen LogP contribution in [0.4, 0.5) is 0 Å². The van der Waals surface area contributed by atoms with E-state index >= 15 is 0 Å². The highest BCUT2D eigenvalue weighted by atomic mass is 16.2. The number of nitrogens with one attached hydrogen (secondary N) is 1. The van der Waals surface area contributed by atoms with Crippen LogP contribution in [0, 0.1) is 0 Å². The van der Waals surface area contributed by atoms with Crippen LogP contribution < -0.4 is 11.1 Å². The van der Waals surface area contributed by atoms with Crippen LogP contribution in [0.1, 0.15) is 39.3 Å². The maximum Gasteiger partial charge on any atom is 0.270 e. The zero-order chi connectivity index (χ0) is 18.4. The number of nitrogens with zero attached hydrogens (tertiary/aromatic N) is 4. The monoisotopic (exact) mass is 354 g/mol. The van der Waals surface area contributed by atoms with Crippen molar-refractivity contribution in [1.29, 1.82) is 0 Å². The number of piperidine rings is 1. The molecule has 2 aliphatic rings. The molecule has 1 unspecified atom stereocenters. The molecule has 3 heterocycles. The van der Waals surface area contributed by atoms with Crippen LogP contribution in [0.25, 0.3) is 5.69 Å². The summed E-state index contributed by atoms with van der Waals surface area (Å²) < 4.78 is 1.35. The summed E-state index contributed by atoms with van der Waals surface area (Å²) in [5.41, 5.74) is 6.95. The van der Waals surface area contributed by atoms with E-state index in [9.17, 15) is 19.2 Å². The fourth-order valence-corrected chi connectivity index (χ4v) is 3.19. The summed E-state index contributed by atoms with van der Waals surface area (Å²) in [4.78, 5) is 48.7. The summed E-state index contributed by atoms with van der Waals surface area (Å²) in [6.07, 6.45) is 1.89. The first-order valence-electron chi connectivity index (χ1n) is 7.94. The van der Waals surface area contributed by atoms with Crippen molar-refractivity contribution >= 4 is 23.6 Å². The number of rotatable bonds is 3. The first-order chi connectivity index (χ1) is 12.4. The Morgan fingerprint density at radius 3 is 2.77 bits per heavy atom. The first kappa shape index (κ1) is 15.9. The largest absolute Gasteiger partial charge is 0.364 e. The van der Waals surface area contributed by atoms with E-state index in [0.717, 1.165) is 5.56 Å². The predicted molar refractivity (Wildman–Crippen MR) is 85.9 cm³/mol. The third-order valence-electron chi connectivity index (χ3n) is 4.52. The minimum atomic E-state index is -0.697. The second kappa shape index (κ2) is 5.76. The molecule has 0 spiro atoms. The highest BCUT2D eigenvalue weighted by Gasteiger charge is 2.39. The van der Waals surface area contributed by atoms with E-state index in [2.05, 4.69) is 15.6 Å². The Morgan fingerprint density at radius 2 is 2.08 bits per heavy atom. The lowest BCUT2D eigenvalue weighted by Gasteiger charge is -2.29. The van der Waals surface area contributed by atoms with Gasteiger partial charge in [-0.2, -0.15) is 0 Å². The first-order valence-corrected chi connectivity index (χ1v) is 7.94. The molecule has 3 N–H and O–H groups in total. The second-order valence-corrected chi connectivity index (χ2v) is 6.15. The van der Waals surface area contributed by atoms with Crippen LogP contribution in [0.5, 0.6) is 0 Å². The van der Waals surface area contributed by atoms with Crippen molar-refractivity contribution in [1.82, 2.24) is 25.2 Å². The minimum Gasteiger partial charge on any atom is -0.364 e. The molecule has 0 saturated carbocycles. The van der Waals surface area contributed by atoms with Crippen molar-refractivity contribution in [3.63, 3.8) is 0 Å². The van der Waals surface area contributed by atoms with E-state index in [1.165, 1.54) is 15.8 Å². The fraction of sp³-hybridized carbons (Fsp3) is 0.250. The molecule has 0 bridgehead atoms. The molecule has 0 radical (unpaired) electrons. The second-order valence-electron chi connectivity index (χ2n) is 6.15. The van der Waals surface area contributed by atoms with Crippen LogP contribution in [0.15, 0.2) is 24.4 Å². The van der Waals surface area contributed by atoms with Gasteiger partial charge < -0.3 is 10.6 Å². The minimum absolute atomic E-state index is 0.0157. The number of benzene rings is 1. The Labute approximate surface area is 146 Å². The third kappa shape index (κ3) is 2.51. The van der Waals surface area contributed by atoms with Crippen molar-refractivity contribution in [3.8, 4) is 5.69 Å². The van der Waals surface area contributed by atoms with Gasteiger partial charge in [0.25, 0.3) is 11.8 Å². The van der Waals surface area contributed by atoms with Gasteiger partial charge >= 0.3 is 0 Å². The van der Waals surface area contributed by atoms with E-state index in [-0.39, 0.29) is 23.9 Å². The molecule has 2 aliphatic heterocycles. The van der Waals surface area contributed by atoms with Gasteiger partial charge in [0.2, 0.25) is 11.8 Å². The number of carbonyl (C=O) groups excluding carboxylic acids is 4. The van der Waals surface area contributed by atoms with Crippen molar-refractivity contribution < 1.29 is 19.2 Å². The number of nitrogens with two attached hydrogens (primary N) is 1. The van der Waals surface area contributed by atoms with Gasteiger partial charge in [-0.3, -0.25) is 24.5 Å². The SMILES string of the molecule is NC(=O)c1cn(-c2ccc3c(c2)C(=O)N(C2CCC(=O)NC2=O)C3)nn1. The van der Waals surface area contributed by atoms with Gasteiger partial charge in [-0.15, -0.1) is 5.10 Å². The number of hydrogen-bond acceptors (Lipinski definition) is 6. The van der Waals surface area contributed by atoms with Gasteiger partial charge in [-0.25, -0.2) is 4.68 Å². The molecule has 1 aromatic heterocycles. The molecule has 10 heteroatoms. The van der Waals surface area contributed by atoms with E-state index in [1.54, 1.807) is 18.2 Å². The molecule has 2 aromatic rings. The summed E-state index contributed by atoms with van der Waals surface area (Å²) in [6.45, 7) is 0.296. The smallest absolute Gasteiger partial charge is 0.270 e. The summed E-state index contributed by atoms with van der Waals surface area (Å²) in [6, 6.07) is 4.46. The highest BCUT2D eigenvalue weighted by Crippen LogP contribution is 2.28. The van der Waals surface area contributed by atoms with Crippen LogP contribution in [-0.2, 0) is 16.1 Å². The zero-order valence-electron chi connectivity index (χ0n) is 13.5. The molecule has 1 aromatic carbocycles. The van der Waals surface area contributed by atoms with Crippen LogP contribution in [0.3, 0.4) is 0 Å². The summed E-state index contributed by atoms with van der Waals surface area (Å²) >= 11 is 0. The summed E-state index contributed by atoms with van der Waals surface area (Å²) in [5, 5.41) is 9.76. The van der Waals surface area contributed by atoms with Crippen molar-refractivity contribution in [2.45, 2.75) is 25.4 Å². The lowest BCUT2D eigenvalue weighted by Crippen LogP contribution is -2.52. The van der Waals surface area contributed by atoms with Gasteiger partial charge in [0.15, 0.2) is 5.69 Å². The molecule has 1 atom stereocenters. The number of imide groups is 1. The van der Waals surface area contributed by atoms with Crippen molar-refractivity contribution in [3.05, 3.63) is 41.2 Å². The molecular formula is C16H14N6O4. The number of carbonyl (C=O) groups is 4. The lowest BCUT2D eigenvalue weighted by atomic mass is 10.0. The quantitative estimate of drug-likeness (QED) is 0.686. The van der Waals surface area contributed by atoms with Gasteiger partial charge in [0.05, 0.1) is 11.9 Å². The van der Waals surface area contributed by atoms with Crippen molar-refractivity contribution in [2.24, 2.45) is 5.73 Å². The molecular weight excluding hydrogens is 340 g/mol. The van der Waals surface area contributed by atoms with E-state index in [1.807, 2.05) is 0 Å². The number of aromatic nitrogens is 3. The summed E-state index contributed by atoms with van der Waals surface area (Å²) in [7, 11) is 0. The topological polar surface area (TPSA) is 140 Å². The molecule has 4 rings (SSSR count). The van der Waals surface area contributed by atoms with Gasteiger partial charge in [-0.1, -0.05) is 11.3 Å². The Balaban J connectivity index is 1.62. The maximum atomic E-state index is 12.8. The summed E-state index contributed by atoms with van der Waals surface area (Å²) in [5.74, 6) is -1.76. The molecule has 10 nitrogen and oxygen atoms in total. The number of fused-ring (bicyclic) bond motifs is 1.